The molecule has 3 heteroatoms. The van der Waals surface area contributed by atoms with E-state index in [4.69, 9.17) is 4.74 Å². The smallest absolute Gasteiger partial charge is 0.338 e. The maximum absolute atomic E-state index is 12.5. The van der Waals surface area contributed by atoms with Crippen molar-refractivity contribution in [2.24, 2.45) is 11.3 Å². The summed E-state index contributed by atoms with van der Waals surface area (Å²) in [6, 6.07) is 5.40. The number of rotatable bonds is 3. The Kier molecular flexibility index (Phi) is 3.24. The molecule has 22 heavy (non-hydrogen) atoms. The first kappa shape index (κ1) is 13.9. The van der Waals surface area contributed by atoms with Crippen LogP contribution in [-0.2, 0) is 16.0 Å². The van der Waals surface area contributed by atoms with Crippen LogP contribution in [0.4, 0.5) is 0 Å². The molecule has 0 spiro atoms. The molecule has 1 aromatic rings. The van der Waals surface area contributed by atoms with Gasteiger partial charge in [0.2, 0.25) is 0 Å². The minimum Gasteiger partial charge on any atom is -0.507 e. The molecule has 116 valence electrons. The van der Waals surface area contributed by atoms with E-state index >= 15 is 0 Å². The largest absolute Gasteiger partial charge is 0.507 e. The molecule has 0 amide bonds. The van der Waals surface area contributed by atoms with Crippen molar-refractivity contribution < 1.29 is 14.6 Å². The summed E-state index contributed by atoms with van der Waals surface area (Å²) in [5, 5.41) is 10.0. The lowest BCUT2D eigenvalue weighted by Gasteiger charge is -2.46. The Hall–Kier alpha value is -1.77. The average Bonchev–Trinajstić information content (AvgIpc) is 3.00. The molecule has 0 saturated heterocycles. The van der Waals surface area contributed by atoms with Gasteiger partial charge in [-0.1, -0.05) is 18.2 Å². The number of phenolic OH excluding ortho intramolecular Hbond substituents is 1. The predicted octanol–water partition coefficient (Wildman–Crippen LogP) is 3.85. The summed E-state index contributed by atoms with van der Waals surface area (Å²) in [4.78, 5) is 12.5. The lowest BCUT2D eigenvalue weighted by atomic mass is 9.61. The molecule has 3 nitrogen and oxygen atoms in total. The number of phenols is 1. The minimum atomic E-state index is -0.276. The summed E-state index contributed by atoms with van der Waals surface area (Å²) in [5.41, 5.74) is 2.43. The summed E-state index contributed by atoms with van der Waals surface area (Å²) in [7, 11) is 0. The Bertz CT molecular complexity index is 622. The first-order valence-electron chi connectivity index (χ1n) is 8.35. The van der Waals surface area contributed by atoms with Crippen LogP contribution < -0.4 is 0 Å². The third kappa shape index (κ3) is 2.23. The summed E-state index contributed by atoms with van der Waals surface area (Å²) in [5.74, 6) is 0.816. The van der Waals surface area contributed by atoms with Gasteiger partial charge in [0.1, 0.15) is 5.75 Å². The SMILES string of the molecule is O=C(OCC12CCC(CC1)CC2)C1=CCc2cccc(O)c21. The van der Waals surface area contributed by atoms with Crippen LogP contribution in [0.5, 0.6) is 5.75 Å². The normalized spacial score (nSPS) is 29.1. The average molecular weight is 298 g/mol. The van der Waals surface area contributed by atoms with Crippen molar-refractivity contribution in [1.29, 1.82) is 0 Å². The van der Waals surface area contributed by atoms with Gasteiger partial charge in [0, 0.05) is 11.0 Å². The topological polar surface area (TPSA) is 46.5 Å². The number of allylic oxidation sites excluding steroid dienone is 1. The molecular formula is C19H22O3. The van der Waals surface area contributed by atoms with E-state index < -0.39 is 0 Å². The zero-order valence-corrected chi connectivity index (χ0v) is 12.8. The molecule has 3 saturated carbocycles. The number of aromatic hydroxyl groups is 1. The Morgan fingerprint density at radius 1 is 1.23 bits per heavy atom. The molecule has 0 unspecified atom stereocenters. The van der Waals surface area contributed by atoms with E-state index in [0.717, 1.165) is 11.5 Å². The minimum absolute atomic E-state index is 0.175. The van der Waals surface area contributed by atoms with Crippen molar-refractivity contribution >= 4 is 11.5 Å². The van der Waals surface area contributed by atoms with Crippen molar-refractivity contribution in [3.05, 3.63) is 35.4 Å². The number of ether oxygens (including phenoxy) is 1. The third-order valence-corrected chi connectivity index (χ3v) is 5.90. The van der Waals surface area contributed by atoms with E-state index in [1.54, 1.807) is 6.07 Å². The van der Waals surface area contributed by atoms with Crippen LogP contribution in [0.15, 0.2) is 24.3 Å². The number of carbonyl (C=O) groups excluding carboxylic acids is 1. The van der Waals surface area contributed by atoms with Crippen molar-refractivity contribution in [3.63, 3.8) is 0 Å². The van der Waals surface area contributed by atoms with Gasteiger partial charge in [-0.05, 0) is 62.5 Å². The number of esters is 1. The van der Waals surface area contributed by atoms with E-state index in [0.29, 0.717) is 24.2 Å². The van der Waals surface area contributed by atoms with Crippen LogP contribution >= 0.6 is 0 Å². The summed E-state index contributed by atoms with van der Waals surface area (Å²) in [6.45, 7) is 0.540. The Balaban J connectivity index is 1.46. The molecule has 4 aliphatic rings. The molecule has 0 atom stereocenters. The second-order valence-corrected chi connectivity index (χ2v) is 7.19. The number of hydrogen-bond acceptors (Lipinski definition) is 3. The van der Waals surface area contributed by atoms with E-state index in [1.807, 2.05) is 18.2 Å². The quantitative estimate of drug-likeness (QED) is 0.862. The van der Waals surface area contributed by atoms with Crippen LogP contribution in [0.1, 0.15) is 49.7 Å². The van der Waals surface area contributed by atoms with Crippen molar-refractivity contribution in [1.82, 2.24) is 0 Å². The predicted molar refractivity (Wildman–Crippen MR) is 84.4 cm³/mol. The molecule has 5 rings (SSSR count). The second kappa shape index (κ2) is 5.15. The van der Waals surface area contributed by atoms with Crippen molar-refractivity contribution in [2.45, 2.75) is 44.9 Å². The fourth-order valence-corrected chi connectivity index (χ4v) is 4.42. The first-order valence-corrected chi connectivity index (χ1v) is 8.35. The Morgan fingerprint density at radius 2 is 1.95 bits per heavy atom. The van der Waals surface area contributed by atoms with E-state index in [2.05, 4.69) is 0 Å². The lowest BCUT2D eigenvalue weighted by Crippen LogP contribution is -2.38. The zero-order valence-electron chi connectivity index (χ0n) is 12.8. The van der Waals surface area contributed by atoms with Gasteiger partial charge in [-0.25, -0.2) is 4.79 Å². The summed E-state index contributed by atoms with van der Waals surface area (Å²) < 4.78 is 5.68. The summed E-state index contributed by atoms with van der Waals surface area (Å²) >= 11 is 0. The molecule has 3 fully saturated rings. The third-order valence-electron chi connectivity index (χ3n) is 5.90. The highest BCUT2D eigenvalue weighted by molar-refractivity contribution is 6.18. The van der Waals surface area contributed by atoms with E-state index in [-0.39, 0.29) is 17.1 Å². The maximum atomic E-state index is 12.5. The van der Waals surface area contributed by atoms with Crippen molar-refractivity contribution in [2.75, 3.05) is 6.61 Å². The van der Waals surface area contributed by atoms with Gasteiger partial charge >= 0.3 is 5.97 Å². The van der Waals surface area contributed by atoms with Crippen LogP contribution in [0, 0.1) is 11.3 Å². The standard InChI is InChI=1S/C19H22O3/c20-16-3-1-2-14-4-5-15(17(14)16)18(21)22-12-19-9-6-13(7-10-19)8-11-19/h1-3,5,13,20H,4,6-12H2. The molecule has 0 heterocycles. The second-order valence-electron chi connectivity index (χ2n) is 7.19. The van der Waals surface area contributed by atoms with Gasteiger partial charge in [0.15, 0.2) is 0 Å². The highest BCUT2D eigenvalue weighted by atomic mass is 16.5. The van der Waals surface area contributed by atoms with Crippen LogP contribution in [0.3, 0.4) is 0 Å². The lowest BCUT2D eigenvalue weighted by molar-refractivity contribution is -0.142. The highest BCUT2D eigenvalue weighted by Gasteiger charge is 2.41. The zero-order chi connectivity index (χ0) is 15.2. The molecule has 4 aliphatic carbocycles. The molecule has 0 radical (unpaired) electrons. The Labute approximate surface area is 131 Å². The first-order chi connectivity index (χ1) is 10.7. The maximum Gasteiger partial charge on any atom is 0.338 e. The van der Waals surface area contributed by atoms with Gasteiger partial charge in [-0.3, -0.25) is 0 Å². The number of benzene rings is 1. The fourth-order valence-electron chi connectivity index (χ4n) is 4.42. The van der Waals surface area contributed by atoms with Gasteiger partial charge < -0.3 is 9.84 Å². The molecule has 1 N–H and O–H groups in total. The van der Waals surface area contributed by atoms with Gasteiger partial charge in [-0.2, -0.15) is 0 Å². The molecule has 0 aliphatic heterocycles. The molecule has 0 aromatic heterocycles. The number of fused-ring (bicyclic) bond motifs is 4. The van der Waals surface area contributed by atoms with E-state index in [9.17, 15) is 9.90 Å². The highest BCUT2D eigenvalue weighted by Crippen LogP contribution is 2.50. The summed E-state index contributed by atoms with van der Waals surface area (Å²) in [6.07, 6.45) is 10.1. The van der Waals surface area contributed by atoms with E-state index in [1.165, 1.54) is 38.5 Å². The number of carbonyl (C=O) groups is 1. The van der Waals surface area contributed by atoms with Crippen LogP contribution in [0.25, 0.3) is 5.57 Å². The molecule has 1 aromatic carbocycles. The monoisotopic (exact) mass is 298 g/mol. The molecular weight excluding hydrogens is 276 g/mol. The molecule has 2 bridgehead atoms. The van der Waals surface area contributed by atoms with Gasteiger partial charge in [-0.15, -0.1) is 0 Å². The van der Waals surface area contributed by atoms with Crippen LogP contribution in [-0.4, -0.2) is 17.7 Å². The van der Waals surface area contributed by atoms with Crippen molar-refractivity contribution in [3.8, 4) is 5.75 Å². The Morgan fingerprint density at radius 3 is 2.68 bits per heavy atom. The number of hydrogen-bond donors (Lipinski definition) is 1. The van der Waals surface area contributed by atoms with Gasteiger partial charge in [0.25, 0.3) is 0 Å². The van der Waals surface area contributed by atoms with Gasteiger partial charge in [0.05, 0.1) is 12.2 Å². The van der Waals surface area contributed by atoms with Crippen LogP contribution in [0.2, 0.25) is 0 Å². The fraction of sp³-hybridized carbons (Fsp3) is 0.526.